The SMILES string of the molecule is Cc1nc(-c2cn3c(n2)-c2ccc(OCCC4CCCN(C(=O)OC(C)(C)C)CC4)cc2OCC3)n(C(C)C)n1. The van der Waals surface area contributed by atoms with Crippen LogP contribution in [0.3, 0.4) is 0 Å². The third-order valence-electron chi connectivity index (χ3n) is 7.31. The molecule has 1 unspecified atom stereocenters. The third-order valence-corrected chi connectivity index (χ3v) is 7.31. The number of fused-ring (bicyclic) bond motifs is 3. The van der Waals surface area contributed by atoms with E-state index in [9.17, 15) is 4.79 Å². The number of amides is 1. The number of likely N-dealkylation sites (tertiary alicyclic amines) is 1. The minimum Gasteiger partial charge on any atom is -0.493 e. The molecule has 40 heavy (non-hydrogen) atoms. The quantitative estimate of drug-likeness (QED) is 0.377. The zero-order valence-electron chi connectivity index (χ0n) is 24.6. The van der Waals surface area contributed by atoms with Gasteiger partial charge in [-0.2, -0.15) is 5.10 Å². The molecule has 10 heteroatoms. The number of nitrogens with zero attached hydrogens (tertiary/aromatic N) is 6. The van der Waals surface area contributed by atoms with E-state index >= 15 is 0 Å². The van der Waals surface area contributed by atoms with Gasteiger partial charge in [0, 0.05) is 31.4 Å². The number of hydrogen-bond donors (Lipinski definition) is 0. The molecule has 4 heterocycles. The van der Waals surface area contributed by atoms with Crippen LogP contribution in [0.2, 0.25) is 0 Å². The molecule has 1 saturated heterocycles. The van der Waals surface area contributed by atoms with Crippen LogP contribution >= 0.6 is 0 Å². The van der Waals surface area contributed by atoms with Crippen molar-refractivity contribution < 1.29 is 19.0 Å². The first kappa shape index (κ1) is 28.0. The van der Waals surface area contributed by atoms with Crippen molar-refractivity contribution in [1.29, 1.82) is 0 Å². The molecule has 0 saturated carbocycles. The molecule has 0 aliphatic carbocycles. The van der Waals surface area contributed by atoms with Crippen molar-refractivity contribution in [3.8, 4) is 34.4 Å². The summed E-state index contributed by atoms with van der Waals surface area (Å²) in [4.78, 5) is 23.9. The number of aromatic nitrogens is 5. The van der Waals surface area contributed by atoms with Crippen molar-refractivity contribution in [3.63, 3.8) is 0 Å². The van der Waals surface area contributed by atoms with E-state index in [0.29, 0.717) is 25.7 Å². The number of rotatable bonds is 6. The second kappa shape index (κ2) is 11.5. The molecule has 2 aliphatic heterocycles. The molecule has 1 atom stereocenters. The zero-order chi connectivity index (χ0) is 28.4. The summed E-state index contributed by atoms with van der Waals surface area (Å²) >= 11 is 0. The van der Waals surface area contributed by atoms with E-state index in [1.54, 1.807) is 0 Å². The van der Waals surface area contributed by atoms with Crippen molar-refractivity contribution >= 4 is 6.09 Å². The largest absolute Gasteiger partial charge is 0.493 e. The standard InChI is InChI=1S/C30H42N6O4/c1-20(2)36-28(31-21(3)33-36)25-19-35-15-17-39-26-18-23(9-10-24(26)27(35)32-25)38-16-12-22-8-7-13-34(14-11-22)29(37)40-30(4,5)6/h9-10,18-20,22H,7-8,11-17H2,1-6H3. The molecule has 3 aromatic rings. The molecule has 2 aliphatic rings. The van der Waals surface area contributed by atoms with E-state index < -0.39 is 5.60 Å². The lowest BCUT2D eigenvalue weighted by Crippen LogP contribution is -2.37. The summed E-state index contributed by atoms with van der Waals surface area (Å²) in [6.07, 6.45) is 5.81. The van der Waals surface area contributed by atoms with E-state index in [1.165, 1.54) is 0 Å². The van der Waals surface area contributed by atoms with Crippen LogP contribution in [0.5, 0.6) is 11.5 Å². The molecule has 2 aromatic heterocycles. The average Bonchev–Trinajstić information content (AvgIpc) is 3.34. The summed E-state index contributed by atoms with van der Waals surface area (Å²) in [6, 6.07) is 6.18. The van der Waals surface area contributed by atoms with Crippen LogP contribution < -0.4 is 9.47 Å². The van der Waals surface area contributed by atoms with Crippen molar-refractivity contribution in [1.82, 2.24) is 29.2 Å². The molecule has 1 amide bonds. The van der Waals surface area contributed by atoms with Crippen LogP contribution in [0.1, 0.15) is 72.2 Å². The highest BCUT2D eigenvalue weighted by molar-refractivity contribution is 5.69. The lowest BCUT2D eigenvalue weighted by Gasteiger charge is -2.26. The number of ether oxygens (including phenoxy) is 3. The molecule has 0 spiro atoms. The summed E-state index contributed by atoms with van der Waals surface area (Å²) in [6.45, 7) is 15.2. The maximum Gasteiger partial charge on any atom is 0.410 e. The highest BCUT2D eigenvalue weighted by Gasteiger charge is 2.26. The Hall–Kier alpha value is -3.56. The Labute approximate surface area is 236 Å². The van der Waals surface area contributed by atoms with Crippen LogP contribution in [0.4, 0.5) is 4.79 Å². The highest BCUT2D eigenvalue weighted by atomic mass is 16.6. The fourth-order valence-corrected chi connectivity index (χ4v) is 5.33. The first-order valence-corrected chi connectivity index (χ1v) is 14.5. The second-order valence-corrected chi connectivity index (χ2v) is 12.1. The van der Waals surface area contributed by atoms with Gasteiger partial charge in [0.2, 0.25) is 0 Å². The summed E-state index contributed by atoms with van der Waals surface area (Å²) in [5.41, 5.74) is 1.28. The predicted octanol–water partition coefficient (Wildman–Crippen LogP) is 5.90. The van der Waals surface area contributed by atoms with Crippen LogP contribution in [0.25, 0.3) is 22.9 Å². The van der Waals surface area contributed by atoms with Crippen LogP contribution in [-0.4, -0.2) is 67.2 Å². The monoisotopic (exact) mass is 550 g/mol. The topological polar surface area (TPSA) is 96.5 Å². The Morgan fingerprint density at radius 2 is 1.95 bits per heavy atom. The van der Waals surface area contributed by atoms with Gasteiger partial charge in [0.1, 0.15) is 41.0 Å². The molecule has 0 bridgehead atoms. The van der Waals surface area contributed by atoms with Crippen molar-refractivity contribution in [2.24, 2.45) is 5.92 Å². The van der Waals surface area contributed by atoms with Gasteiger partial charge in [-0.05, 0) is 85.3 Å². The summed E-state index contributed by atoms with van der Waals surface area (Å²) in [5, 5.41) is 4.55. The summed E-state index contributed by atoms with van der Waals surface area (Å²) < 4.78 is 21.9. The summed E-state index contributed by atoms with van der Waals surface area (Å²) in [5.74, 6) is 4.46. The normalized spacial score (nSPS) is 17.5. The van der Waals surface area contributed by atoms with Crippen molar-refractivity contribution in [3.05, 3.63) is 30.2 Å². The van der Waals surface area contributed by atoms with Gasteiger partial charge >= 0.3 is 6.09 Å². The highest BCUT2D eigenvalue weighted by Crippen LogP contribution is 2.36. The number of carbonyl (C=O) groups excluding carboxylic acids is 1. The van der Waals surface area contributed by atoms with E-state index in [2.05, 4.69) is 28.5 Å². The van der Waals surface area contributed by atoms with Gasteiger partial charge < -0.3 is 23.7 Å². The molecule has 1 aromatic carbocycles. The Balaban J connectivity index is 1.21. The van der Waals surface area contributed by atoms with Crippen LogP contribution in [0.15, 0.2) is 24.4 Å². The number of imidazole rings is 1. The van der Waals surface area contributed by atoms with E-state index in [4.69, 9.17) is 19.2 Å². The molecule has 0 radical (unpaired) electrons. The van der Waals surface area contributed by atoms with Gasteiger partial charge in [0.05, 0.1) is 18.7 Å². The van der Waals surface area contributed by atoms with Gasteiger partial charge in [-0.15, -0.1) is 0 Å². The Kier molecular flexibility index (Phi) is 8.05. The fraction of sp³-hybridized carbons (Fsp3) is 0.600. The zero-order valence-corrected chi connectivity index (χ0v) is 24.6. The Morgan fingerprint density at radius 3 is 2.73 bits per heavy atom. The van der Waals surface area contributed by atoms with Crippen molar-refractivity contribution in [2.75, 3.05) is 26.3 Å². The molecule has 1 fully saturated rings. The van der Waals surface area contributed by atoms with E-state index in [-0.39, 0.29) is 12.1 Å². The number of carbonyl (C=O) groups is 1. The average molecular weight is 551 g/mol. The number of aryl methyl sites for hydroxylation is 1. The Bertz CT molecular complexity index is 1340. The first-order chi connectivity index (χ1) is 19.1. The molecule has 216 valence electrons. The predicted molar refractivity (Wildman–Crippen MR) is 153 cm³/mol. The van der Waals surface area contributed by atoms with Crippen LogP contribution in [0, 0.1) is 12.8 Å². The van der Waals surface area contributed by atoms with Crippen molar-refractivity contribution in [2.45, 2.75) is 85.4 Å². The van der Waals surface area contributed by atoms with E-state index in [1.807, 2.05) is 61.7 Å². The van der Waals surface area contributed by atoms with E-state index in [0.717, 1.165) is 79.0 Å². The first-order valence-electron chi connectivity index (χ1n) is 14.5. The smallest absolute Gasteiger partial charge is 0.410 e. The van der Waals surface area contributed by atoms with Gasteiger partial charge in [-0.25, -0.2) is 19.4 Å². The Morgan fingerprint density at radius 1 is 1.12 bits per heavy atom. The lowest BCUT2D eigenvalue weighted by atomic mass is 9.97. The second-order valence-electron chi connectivity index (χ2n) is 12.1. The summed E-state index contributed by atoms with van der Waals surface area (Å²) in [7, 11) is 0. The number of hydrogen-bond acceptors (Lipinski definition) is 7. The minimum atomic E-state index is -0.469. The van der Waals surface area contributed by atoms with Gasteiger partial charge in [-0.3, -0.25) is 0 Å². The third kappa shape index (κ3) is 6.42. The number of benzene rings is 1. The molecule has 5 rings (SSSR count). The van der Waals surface area contributed by atoms with Gasteiger partial charge in [-0.1, -0.05) is 0 Å². The van der Waals surface area contributed by atoms with Gasteiger partial charge in [0.15, 0.2) is 5.82 Å². The fourth-order valence-electron chi connectivity index (χ4n) is 5.33. The maximum absolute atomic E-state index is 12.5. The maximum atomic E-state index is 12.5. The molecular weight excluding hydrogens is 508 g/mol. The molecular formula is C30H42N6O4. The van der Waals surface area contributed by atoms with Gasteiger partial charge in [0.25, 0.3) is 0 Å². The molecule has 0 N–H and O–H groups in total. The lowest BCUT2D eigenvalue weighted by molar-refractivity contribution is 0.0255. The minimum absolute atomic E-state index is 0.190. The van der Waals surface area contributed by atoms with Crippen LogP contribution in [-0.2, 0) is 11.3 Å². The molecule has 10 nitrogen and oxygen atoms in total.